The van der Waals surface area contributed by atoms with Crippen LogP contribution < -0.4 is 16.0 Å². The normalized spacial score (nSPS) is 19.8. The quantitative estimate of drug-likeness (QED) is 0.842. The second kappa shape index (κ2) is 5.35. The summed E-state index contributed by atoms with van der Waals surface area (Å²) < 4.78 is 13.7. The van der Waals surface area contributed by atoms with Gasteiger partial charge >= 0.3 is 0 Å². The molecule has 4 nitrogen and oxygen atoms in total. The van der Waals surface area contributed by atoms with Gasteiger partial charge in [-0.05, 0) is 18.6 Å². The van der Waals surface area contributed by atoms with Crippen molar-refractivity contribution < 1.29 is 9.18 Å². The first-order valence-corrected chi connectivity index (χ1v) is 6.20. The second-order valence-corrected chi connectivity index (χ2v) is 4.35. The summed E-state index contributed by atoms with van der Waals surface area (Å²) in [6.07, 6.45) is 0.687. The van der Waals surface area contributed by atoms with Crippen LogP contribution in [0.3, 0.4) is 0 Å². The van der Waals surface area contributed by atoms with Gasteiger partial charge in [0.25, 0.3) is 0 Å². The van der Waals surface area contributed by atoms with Gasteiger partial charge in [0.2, 0.25) is 5.91 Å². The van der Waals surface area contributed by atoms with E-state index in [1.54, 1.807) is 6.07 Å². The topological polar surface area (TPSA) is 58.4 Å². The Kier molecular flexibility index (Phi) is 3.81. The molecule has 0 radical (unpaired) electrons. The lowest BCUT2D eigenvalue weighted by Crippen LogP contribution is -2.55. The van der Waals surface area contributed by atoms with Crippen LogP contribution in [0, 0.1) is 5.82 Å². The van der Waals surface area contributed by atoms with Gasteiger partial charge < -0.3 is 16.0 Å². The summed E-state index contributed by atoms with van der Waals surface area (Å²) in [4.78, 5) is 13.8. The molecule has 3 N–H and O–H groups in total. The molecule has 1 unspecified atom stereocenters. The van der Waals surface area contributed by atoms with Crippen LogP contribution in [-0.2, 0) is 11.3 Å². The average molecular weight is 251 g/mol. The van der Waals surface area contributed by atoms with Crippen LogP contribution in [0.5, 0.6) is 0 Å². The van der Waals surface area contributed by atoms with Gasteiger partial charge in [-0.25, -0.2) is 4.39 Å². The zero-order valence-electron chi connectivity index (χ0n) is 10.4. The molecule has 1 amide bonds. The maximum Gasteiger partial charge on any atom is 0.242 e. The van der Waals surface area contributed by atoms with E-state index in [-0.39, 0.29) is 24.3 Å². The fourth-order valence-electron chi connectivity index (χ4n) is 2.43. The maximum absolute atomic E-state index is 13.7. The van der Waals surface area contributed by atoms with E-state index in [4.69, 9.17) is 5.73 Å². The Labute approximate surface area is 106 Å². The molecule has 1 atom stereocenters. The van der Waals surface area contributed by atoms with Crippen molar-refractivity contribution in [2.75, 3.05) is 18.0 Å². The molecule has 18 heavy (non-hydrogen) atoms. The second-order valence-electron chi connectivity index (χ2n) is 4.35. The monoisotopic (exact) mass is 251 g/mol. The van der Waals surface area contributed by atoms with E-state index in [0.717, 1.165) is 5.69 Å². The first-order chi connectivity index (χ1) is 8.69. The van der Waals surface area contributed by atoms with Crippen molar-refractivity contribution in [1.82, 2.24) is 5.32 Å². The predicted octanol–water partition coefficient (Wildman–Crippen LogP) is 0.999. The zero-order chi connectivity index (χ0) is 13.1. The van der Waals surface area contributed by atoms with Gasteiger partial charge in [-0.3, -0.25) is 4.79 Å². The molecule has 2 rings (SSSR count). The summed E-state index contributed by atoms with van der Waals surface area (Å²) >= 11 is 0. The molecule has 1 aromatic rings. The van der Waals surface area contributed by atoms with Crippen LogP contribution in [0.25, 0.3) is 0 Å². The third kappa shape index (κ3) is 2.18. The zero-order valence-corrected chi connectivity index (χ0v) is 10.4. The minimum atomic E-state index is -0.309. The number of halogens is 1. The van der Waals surface area contributed by atoms with Gasteiger partial charge in [0.1, 0.15) is 11.9 Å². The molecule has 0 spiro atoms. The summed E-state index contributed by atoms with van der Waals surface area (Å²) in [5.74, 6) is -0.313. The number of anilines is 1. The largest absolute Gasteiger partial charge is 0.357 e. The number of carbonyl (C=O) groups excluding carboxylic acids is 1. The number of nitrogens with one attached hydrogen (secondary N) is 1. The third-order valence-electron chi connectivity index (χ3n) is 3.33. The molecule has 1 aliphatic rings. The fraction of sp³-hybridized carbons (Fsp3) is 0.462. The Morgan fingerprint density at radius 3 is 3.00 bits per heavy atom. The summed E-state index contributed by atoms with van der Waals surface area (Å²) in [7, 11) is 0. The SMILES string of the molecule is CCC1C(=O)NCCN1c1cccc(F)c1CN. The standard InChI is InChI=1S/C13H18FN3O/c1-2-11-13(18)16-6-7-17(11)12-5-3-4-10(14)9(12)8-15/h3-5,11H,2,6-8,15H2,1H3,(H,16,18). The number of carbonyl (C=O) groups is 1. The molecule has 0 saturated carbocycles. The highest BCUT2D eigenvalue weighted by Gasteiger charge is 2.29. The molecular weight excluding hydrogens is 233 g/mol. The Morgan fingerprint density at radius 1 is 1.56 bits per heavy atom. The van der Waals surface area contributed by atoms with Crippen LogP contribution in [-0.4, -0.2) is 25.0 Å². The fourth-order valence-corrected chi connectivity index (χ4v) is 2.43. The van der Waals surface area contributed by atoms with E-state index in [9.17, 15) is 9.18 Å². The molecule has 0 aromatic heterocycles. The number of nitrogens with two attached hydrogens (primary N) is 1. The number of hydrogen-bond donors (Lipinski definition) is 2. The van der Waals surface area contributed by atoms with E-state index >= 15 is 0 Å². The molecule has 98 valence electrons. The molecule has 0 aliphatic carbocycles. The van der Waals surface area contributed by atoms with Crippen molar-refractivity contribution in [3.8, 4) is 0 Å². The first kappa shape index (κ1) is 12.8. The molecular formula is C13H18FN3O. The maximum atomic E-state index is 13.7. The van der Waals surface area contributed by atoms with Crippen LogP contribution in [0.4, 0.5) is 10.1 Å². The van der Waals surface area contributed by atoms with Gasteiger partial charge in [0, 0.05) is 30.9 Å². The number of amides is 1. The summed E-state index contributed by atoms with van der Waals surface area (Å²) in [5, 5.41) is 2.83. The van der Waals surface area contributed by atoms with Crippen molar-refractivity contribution in [3.63, 3.8) is 0 Å². The summed E-state index contributed by atoms with van der Waals surface area (Å²) in [6, 6.07) is 4.64. The van der Waals surface area contributed by atoms with Crippen molar-refractivity contribution in [2.45, 2.75) is 25.9 Å². The summed E-state index contributed by atoms with van der Waals surface area (Å²) in [6.45, 7) is 3.34. The van der Waals surface area contributed by atoms with Crippen LogP contribution >= 0.6 is 0 Å². The molecule has 1 saturated heterocycles. The molecule has 1 fully saturated rings. The Morgan fingerprint density at radius 2 is 2.33 bits per heavy atom. The van der Waals surface area contributed by atoms with Crippen molar-refractivity contribution in [1.29, 1.82) is 0 Å². The lowest BCUT2D eigenvalue weighted by Gasteiger charge is -2.37. The number of rotatable bonds is 3. The minimum absolute atomic E-state index is 0.00372. The number of nitrogens with zero attached hydrogens (tertiary/aromatic N) is 1. The third-order valence-corrected chi connectivity index (χ3v) is 3.33. The highest BCUT2D eigenvalue weighted by Crippen LogP contribution is 2.26. The van der Waals surface area contributed by atoms with Crippen molar-refractivity contribution >= 4 is 11.6 Å². The molecule has 1 heterocycles. The number of benzene rings is 1. The molecule has 0 bridgehead atoms. The van der Waals surface area contributed by atoms with Gasteiger partial charge in [0.15, 0.2) is 0 Å². The Bertz CT molecular complexity index is 450. The minimum Gasteiger partial charge on any atom is -0.357 e. The lowest BCUT2D eigenvalue weighted by atomic mass is 10.1. The smallest absolute Gasteiger partial charge is 0.242 e. The molecule has 5 heteroatoms. The number of piperazine rings is 1. The van der Waals surface area contributed by atoms with E-state index in [1.165, 1.54) is 6.07 Å². The van der Waals surface area contributed by atoms with E-state index in [0.29, 0.717) is 25.1 Å². The van der Waals surface area contributed by atoms with Crippen molar-refractivity contribution in [3.05, 3.63) is 29.6 Å². The van der Waals surface area contributed by atoms with E-state index < -0.39 is 0 Å². The summed E-state index contributed by atoms with van der Waals surface area (Å²) in [5.41, 5.74) is 6.83. The Hall–Kier alpha value is -1.62. The van der Waals surface area contributed by atoms with Gasteiger partial charge in [0.05, 0.1) is 0 Å². The molecule has 1 aliphatic heterocycles. The van der Waals surface area contributed by atoms with Gasteiger partial charge in [-0.15, -0.1) is 0 Å². The Balaban J connectivity index is 2.40. The molecule has 1 aromatic carbocycles. The first-order valence-electron chi connectivity index (χ1n) is 6.20. The van der Waals surface area contributed by atoms with Gasteiger partial charge in [-0.1, -0.05) is 13.0 Å². The lowest BCUT2D eigenvalue weighted by molar-refractivity contribution is -0.123. The highest BCUT2D eigenvalue weighted by atomic mass is 19.1. The van der Waals surface area contributed by atoms with Gasteiger partial charge in [-0.2, -0.15) is 0 Å². The van der Waals surface area contributed by atoms with Crippen molar-refractivity contribution in [2.24, 2.45) is 5.73 Å². The van der Waals surface area contributed by atoms with Crippen LogP contribution in [0.2, 0.25) is 0 Å². The predicted molar refractivity (Wildman–Crippen MR) is 68.7 cm³/mol. The van der Waals surface area contributed by atoms with E-state index in [1.807, 2.05) is 17.9 Å². The van der Waals surface area contributed by atoms with Crippen LogP contribution in [0.1, 0.15) is 18.9 Å². The van der Waals surface area contributed by atoms with Crippen LogP contribution in [0.15, 0.2) is 18.2 Å². The van der Waals surface area contributed by atoms with E-state index in [2.05, 4.69) is 5.32 Å². The average Bonchev–Trinajstić information content (AvgIpc) is 2.38. The highest BCUT2D eigenvalue weighted by molar-refractivity contribution is 5.86. The number of hydrogen-bond acceptors (Lipinski definition) is 3.